The van der Waals surface area contributed by atoms with Gasteiger partial charge in [-0.25, -0.2) is 0 Å². The number of nitrogens with zero attached hydrogens (tertiary/aromatic N) is 4. The monoisotopic (exact) mass is 396 g/mol. The van der Waals surface area contributed by atoms with E-state index < -0.39 is 0 Å². The summed E-state index contributed by atoms with van der Waals surface area (Å²) in [5.41, 5.74) is 2.50. The van der Waals surface area contributed by atoms with E-state index in [2.05, 4.69) is 51.8 Å². The number of hydrogen-bond acceptors (Lipinski definition) is 4. The number of hydrogen-bond donors (Lipinski definition) is 0. The van der Waals surface area contributed by atoms with Crippen LogP contribution in [-0.4, -0.2) is 83.2 Å². The molecule has 1 amide bonds. The van der Waals surface area contributed by atoms with Gasteiger partial charge in [-0.05, 0) is 37.9 Å². The lowest BCUT2D eigenvalue weighted by atomic mass is 10.1. The Bertz CT molecular complexity index is 873. The lowest BCUT2D eigenvalue weighted by Crippen LogP contribution is -2.54. The van der Waals surface area contributed by atoms with Crippen LogP contribution < -0.4 is 0 Å². The number of para-hydroxylation sites is 1. The Hall–Kier alpha value is -1.89. The zero-order chi connectivity index (χ0) is 19.8. The van der Waals surface area contributed by atoms with Gasteiger partial charge in [-0.3, -0.25) is 14.6 Å². The topological polar surface area (TPSA) is 41.0 Å². The number of fused-ring (bicyclic) bond motifs is 2. The van der Waals surface area contributed by atoms with Crippen molar-refractivity contribution in [3.05, 3.63) is 36.0 Å². The number of ether oxygens (including phenoxy) is 1. The van der Waals surface area contributed by atoms with Crippen LogP contribution in [0.3, 0.4) is 0 Å². The maximum Gasteiger partial charge on any atom is 0.242 e. The first-order valence-electron chi connectivity index (χ1n) is 11.1. The van der Waals surface area contributed by atoms with Crippen LogP contribution >= 0.6 is 0 Å². The summed E-state index contributed by atoms with van der Waals surface area (Å²) in [6.07, 6.45) is 4.89. The smallest absolute Gasteiger partial charge is 0.242 e. The zero-order valence-electron chi connectivity index (χ0n) is 17.4. The van der Waals surface area contributed by atoms with Crippen LogP contribution in [0.15, 0.2) is 30.5 Å². The van der Waals surface area contributed by atoms with Crippen LogP contribution in [0.25, 0.3) is 10.9 Å². The normalized spacial score (nSPS) is 26.2. The van der Waals surface area contributed by atoms with Crippen molar-refractivity contribution in [3.8, 4) is 0 Å². The summed E-state index contributed by atoms with van der Waals surface area (Å²) in [6, 6.07) is 9.82. The Balaban J connectivity index is 1.36. The van der Waals surface area contributed by atoms with Gasteiger partial charge in [-0.1, -0.05) is 18.2 Å². The first kappa shape index (κ1) is 19.1. The van der Waals surface area contributed by atoms with Crippen molar-refractivity contribution in [2.24, 2.45) is 0 Å². The first-order valence-corrected chi connectivity index (χ1v) is 11.1. The Morgan fingerprint density at radius 2 is 1.97 bits per heavy atom. The molecule has 0 saturated carbocycles. The third kappa shape index (κ3) is 3.81. The van der Waals surface area contributed by atoms with E-state index in [-0.39, 0.29) is 5.91 Å². The Kier molecular flexibility index (Phi) is 5.33. The molecule has 1 unspecified atom stereocenters. The fraction of sp³-hybridized carbons (Fsp3) is 0.609. The minimum atomic E-state index is 0.188. The van der Waals surface area contributed by atoms with Gasteiger partial charge in [0.2, 0.25) is 5.91 Å². The van der Waals surface area contributed by atoms with E-state index in [1.165, 1.54) is 36.9 Å². The molecule has 5 rings (SSSR count). The summed E-state index contributed by atoms with van der Waals surface area (Å²) in [6.45, 7) is 10.0. The largest absolute Gasteiger partial charge is 0.378 e. The molecule has 6 heteroatoms. The predicted molar refractivity (Wildman–Crippen MR) is 114 cm³/mol. The van der Waals surface area contributed by atoms with Gasteiger partial charge in [0.1, 0.15) is 6.54 Å². The van der Waals surface area contributed by atoms with Crippen LogP contribution in [0.4, 0.5) is 0 Å². The molecule has 3 aliphatic heterocycles. The van der Waals surface area contributed by atoms with E-state index in [4.69, 9.17) is 4.74 Å². The highest BCUT2D eigenvalue weighted by Gasteiger charge is 2.34. The number of morpholine rings is 1. The second kappa shape index (κ2) is 8.09. The third-order valence-corrected chi connectivity index (χ3v) is 6.98. The van der Waals surface area contributed by atoms with Crippen molar-refractivity contribution in [3.63, 3.8) is 0 Å². The van der Waals surface area contributed by atoms with Gasteiger partial charge in [0.15, 0.2) is 0 Å². The molecule has 156 valence electrons. The molecule has 3 saturated heterocycles. The number of rotatable bonds is 4. The predicted octanol–water partition coefficient (Wildman–Crippen LogP) is 2.17. The number of piperazine rings is 1. The van der Waals surface area contributed by atoms with Crippen LogP contribution in [0.1, 0.15) is 25.3 Å². The van der Waals surface area contributed by atoms with Crippen LogP contribution in [0, 0.1) is 0 Å². The van der Waals surface area contributed by atoms with E-state index in [0.717, 1.165) is 24.6 Å². The van der Waals surface area contributed by atoms with E-state index in [9.17, 15) is 4.79 Å². The molecule has 0 radical (unpaired) electrons. The molecule has 0 N–H and O–H groups in total. The van der Waals surface area contributed by atoms with E-state index >= 15 is 0 Å². The first-order chi connectivity index (χ1) is 14.2. The van der Waals surface area contributed by atoms with Gasteiger partial charge in [0, 0.05) is 61.9 Å². The summed E-state index contributed by atoms with van der Waals surface area (Å²) < 4.78 is 7.54. The Morgan fingerprint density at radius 1 is 1.14 bits per heavy atom. The standard InChI is InChI=1S/C23H32N4O2/c1-18-13-25-8-4-5-20(25)16-26(18)14-19-15-27(22-7-3-2-6-21(19)22)17-23(28)24-9-11-29-12-10-24/h2-3,6-7,15,18,20H,4-5,8-14,16-17H2,1H3/t18-,20?/m0/s1. The van der Waals surface area contributed by atoms with Crippen LogP contribution in [0.2, 0.25) is 0 Å². The highest BCUT2D eigenvalue weighted by molar-refractivity contribution is 5.86. The van der Waals surface area contributed by atoms with Crippen molar-refractivity contribution in [1.82, 2.24) is 19.3 Å². The number of aromatic nitrogens is 1. The maximum atomic E-state index is 12.8. The minimum Gasteiger partial charge on any atom is -0.378 e. The summed E-state index contributed by atoms with van der Waals surface area (Å²) in [7, 11) is 0. The fourth-order valence-electron chi connectivity index (χ4n) is 5.33. The van der Waals surface area contributed by atoms with E-state index in [1.807, 2.05) is 4.90 Å². The molecule has 2 aromatic rings. The average molecular weight is 397 g/mol. The van der Waals surface area contributed by atoms with Gasteiger partial charge < -0.3 is 14.2 Å². The molecule has 6 nitrogen and oxygen atoms in total. The van der Waals surface area contributed by atoms with Crippen molar-refractivity contribution in [1.29, 1.82) is 0 Å². The quantitative estimate of drug-likeness (QED) is 0.794. The van der Waals surface area contributed by atoms with Crippen LogP contribution in [-0.2, 0) is 22.6 Å². The second-order valence-corrected chi connectivity index (χ2v) is 8.86. The van der Waals surface area contributed by atoms with Crippen molar-refractivity contribution >= 4 is 16.8 Å². The van der Waals surface area contributed by atoms with Gasteiger partial charge in [-0.15, -0.1) is 0 Å². The molecule has 0 spiro atoms. The third-order valence-electron chi connectivity index (χ3n) is 6.98. The van der Waals surface area contributed by atoms with Crippen LogP contribution in [0.5, 0.6) is 0 Å². The fourth-order valence-corrected chi connectivity index (χ4v) is 5.33. The lowest BCUT2D eigenvalue weighted by molar-refractivity contribution is -0.135. The number of carbonyl (C=O) groups excluding carboxylic acids is 1. The second-order valence-electron chi connectivity index (χ2n) is 8.86. The van der Waals surface area contributed by atoms with Crippen molar-refractivity contribution in [2.75, 3.05) is 45.9 Å². The molecule has 3 fully saturated rings. The van der Waals surface area contributed by atoms with E-state index in [1.54, 1.807) is 0 Å². The molecular weight excluding hydrogens is 364 g/mol. The molecule has 2 atom stereocenters. The maximum absolute atomic E-state index is 12.8. The summed E-state index contributed by atoms with van der Waals surface area (Å²) in [5.74, 6) is 0.188. The molecule has 29 heavy (non-hydrogen) atoms. The lowest BCUT2D eigenvalue weighted by Gasteiger charge is -2.42. The highest BCUT2D eigenvalue weighted by atomic mass is 16.5. The Labute approximate surface area is 173 Å². The summed E-state index contributed by atoms with van der Waals surface area (Å²) in [5, 5.41) is 1.28. The molecule has 0 aliphatic carbocycles. The molecule has 3 aliphatic rings. The number of carbonyl (C=O) groups is 1. The molecule has 1 aromatic carbocycles. The van der Waals surface area contributed by atoms with Gasteiger partial charge >= 0.3 is 0 Å². The average Bonchev–Trinajstić information content (AvgIpc) is 3.33. The summed E-state index contributed by atoms with van der Waals surface area (Å²) >= 11 is 0. The molecule has 0 bridgehead atoms. The van der Waals surface area contributed by atoms with Gasteiger partial charge in [0.25, 0.3) is 0 Å². The zero-order valence-corrected chi connectivity index (χ0v) is 17.4. The minimum absolute atomic E-state index is 0.188. The molecular formula is C23H32N4O2. The van der Waals surface area contributed by atoms with Crippen molar-refractivity contribution < 1.29 is 9.53 Å². The van der Waals surface area contributed by atoms with Gasteiger partial charge in [0.05, 0.1) is 13.2 Å². The highest BCUT2D eigenvalue weighted by Crippen LogP contribution is 2.28. The molecule has 1 aromatic heterocycles. The van der Waals surface area contributed by atoms with E-state index in [0.29, 0.717) is 38.9 Å². The number of amides is 1. The SMILES string of the molecule is C[C@H]1CN2CCCC2CN1Cc1cn(CC(=O)N2CCOCC2)c2ccccc12. The number of benzene rings is 1. The van der Waals surface area contributed by atoms with Crippen molar-refractivity contribution in [2.45, 2.75) is 44.9 Å². The summed E-state index contributed by atoms with van der Waals surface area (Å²) in [4.78, 5) is 20.1. The Morgan fingerprint density at radius 3 is 2.83 bits per heavy atom. The molecule has 4 heterocycles. The van der Waals surface area contributed by atoms with Gasteiger partial charge in [-0.2, -0.15) is 0 Å².